The van der Waals surface area contributed by atoms with Crippen LogP contribution in [0, 0.1) is 6.92 Å². The quantitative estimate of drug-likeness (QED) is 0.604. The van der Waals surface area contributed by atoms with E-state index in [0.717, 1.165) is 28.8 Å². The van der Waals surface area contributed by atoms with Crippen LogP contribution in [0.2, 0.25) is 0 Å². The minimum absolute atomic E-state index is 0.0300. The maximum atomic E-state index is 13.0. The van der Waals surface area contributed by atoms with Crippen molar-refractivity contribution in [3.05, 3.63) is 65.2 Å². The predicted molar refractivity (Wildman–Crippen MR) is 130 cm³/mol. The van der Waals surface area contributed by atoms with Crippen molar-refractivity contribution in [3.8, 4) is 0 Å². The number of amides is 4. The molecule has 33 heavy (non-hydrogen) atoms. The van der Waals surface area contributed by atoms with Crippen LogP contribution in [0.3, 0.4) is 0 Å². The number of aryl methyl sites for hydroxylation is 2. The largest absolute Gasteiger partial charge is 0.351 e. The number of hydrogen-bond acceptors (Lipinski definition) is 3. The fourth-order valence-electron chi connectivity index (χ4n) is 4.19. The lowest BCUT2D eigenvalue weighted by atomic mass is 9.99. The smallest absolute Gasteiger partial charge is 0.321 e. The molecule has 3 N–H and O–H groups in total. The predicted octanol–water partition coefficient (Wildman–Crippen LogP) is 3.42. The Kier molecular flexibility index (Phi) is 8.46. The number of para-hydroxylation sites is 1. The molecule has 1 aliphatic heterocycles. The highest BCUT2D eigenvalue weighted by Gasteiger charge is 2.27. The van der Waals surface area contributed by atoms with E-state index in [1.54, 1.807) is 4.90 Å². The number of benzene rings is 2. The number of nitrogens with zero attached hydrogens (tertiary/aromatic N) is 1. The molecule has 176 valence electrons. The molecule has 3 rings (SSSR count). The van der Waals surface area contributed by atoms with Crippen molar-refractivity contribution in [2.75, 3.05) is 18.4 Å². The zero-order chi connectivity index (χ0) is 23.8. The van der Waals surface area contributed by atoms with Crippen LogP contribution in [0.5, 0.6) is 0 Å². The first-order chi connectivity index (χ1) is 15.9. The Morgan fingerprint density at radius 3 is 2.27 bits per heavy atom. The van der Waals surface area contributed by atoms with E-state index in [4.69, 9.17) is 0 Å². The Balaban J connectivity index is 1.54. The second-order valence-corrected chi connectivity index (χ2v) is 8.59. The highest BCUT2D eigenvalue weighted by atomic mass is 16.2. The molecule has 0 aliphatic carbocycles. The van der Waals surface area contributed by atoms with Gasteiger partial charge in [0.25, 0.3) is 0 Å². The van der Waals surface area contributed by atoms with Gasteiger partial charge in [-0.25, -0.2) is 4.79 Å². The van der Waals surface area contributed by atoms with Crippen molar-refractivity contribution in [1.82, 2.24) is 15.5 Å². The van der Waals surface area contributed by atoms with Crippen LogP contribution in [-0.2, 0) is 22.4 Å². The van der Waals surface area contributed by atoms with Crippen LogP contribution < -0.4 is 16.0 Å². The van der Waals surface area contributed by atoms with E-state index in [1.165, 1.54) is 6.92 Å². The van der Waals surface area contributed by atoms with Gasteiger partial charge in [-0.05, 0) is 48.9 Å². The normalized spacial score (nSPS) is 14.9. The van der Waals surface area contributed by atoms with Crippen LogP contribution in [0.15, 0.2) is 48.5 Å². The summed E-state index contributed by atoms with van der Waals surface area (Å²) >= 11 is 0. The van der Waals surface area contributed by atoms with Gasteiger partial charge in [0, 0.05) is 38.2 Å². The molecule has 0 unspecified atom stereocenters. The fraction of sp³-hybridized carbons (Fsp3) is 0.423. The maximum absolute atomic E-state index is 13.0. The third kappa shape index (κ3) is 6.81. The Labute approximate surface area is 195 Å². The second kappa shape index (κ2) is 11.5. The van der Waals surface area contributed by atoms with Gasteiger partial charge in [-0.3, -0.25) is 9.59 Å². The van der Waals surface area contributed by atoms with Crippen molar-refractivity contribution in [2.24, 2.45) is 0 Å². The molecule has 1 fully saturated rings. The van der Waals surface area contributed by atoms with E-state index in [2.05, 4.69) is 22.9 Å². The molecule has 2 aromatic rings. The number of carbonyl (C=O) groups excluding carboxylic acids is 3. The molecule has 1 aliphatic rings. The summed E-state index contributed by atoms with van der Waals surface area (Å²) in [5.41, 5.74) is 4.07. The topological polar surface area (TPSA) is 90.5 Å². The van der Waals surface area contributed by atoms with E-state index in [1.807, 2.05) is 55.5 Å². The third-order valence-electron chi connectivity index (χ3n) is 6.15. The Morgan fingerprint density at radius 1 is 1.00 bits per heavy atom. The van der Waals surface area contributed by atoms with Crippen molar-refractivity contribution >= 4 is 23.5 Å². The summed E-state index contributed by atoms with van der Waals surface area (Å²) in [5.74, 6) is -0.421. The lowest BCUT2D eigenvalue weighted by molar-refractivity contribution is -0.128. The molecule has 1 saturated heterocycles. The van der Waals surface area contributed by atoms with Gasteiger partial charge in [0.05, 0.1) is 0 Å². The van der Waals surface area contributed by atoms with E-state index in [-0.39, 0.29) is 23.9 Å². The molecule has 7 nitrogen and oxygen atoms in total. The molecular formula is C26H34N4O3. The Bertz CT molecular complexity index is 983. The van der Waals surface area contributed by atoms with E-state index in [0.29, 0.717) is 32.4 Å². The summed E-state index contributed by atoms with van der Waals surface area (Å²) in [5, 5.41) is 8.88. The molecule has 1 atom stereocenters. The number of hydrogen-bond donors (Lipinski definition) is 3. The van der Waals surface area contributed by atoms with E-state index in [9.17, 15) is 14.4 Å². The number of likely N-dealkylation sites (tertiary alicyclic amines) is 1. The number of rotatable bonds is 7. The second-order valence-electron chi connectivity index (χ2n) is 8.59. The van der Waals surface area contributed by atoms with Crippen molar-refractivity contribution in [1.29, 1.82) is 0 Å². The van der Waals surface area contributed by atoms with Crippen LogP contribution in [-0.4, -0.2) is 47.9 Å². The molecule has 7 heteroatoms. The van der Waals surface area contributed by atoms with Gasteiger partial charge in [0.1, 0.15) is 6.04 Å². The van der Waals surface area contributed by atoms with Gasteiger partial charge in [0.2, 0.25) is 11.8 Å². The monoisotopic (exact) mass is 450 g/mol. The van der Waals surface area contributed by atoms with E-state index < -0.39 is 6.04 Å². The number of nitrogens with one attached hydrogen (secondary N) is 3. The minimum atomic E-state index is -0.629. The lowest BCUT2D eigenvalue weighted by Crippen LogP contribution is -2.53. The van der Waals surface area contributed by atoms with Gasteiger partial charge in [-0.2, -0.15) is 0 Å². The van der Waals surface area contributed by atoms with Crippen LogP contribution in [0.4, 0.5) is 10.5 Å². The molecule has 0 aromatic heterocycles. The zero-order valence-corrected chi connectivity index (χ0v) is 19.7. The molecule has 0 bridgehead atoms. The molecule has 1 heterocycles. The average molecular weight is 451 g/mol. The highest BCUT2D eigenvalue weighted by molar-refractivity contribution is 5.90. The summed E-state index contributed by atoms with van der Waals surface area (Å²) in [6.07, 6.45) is 2.64. The van der Waals surface area contributed by atoms with Crippen molar-refractivity contribution in [3.63, 3.8) is 0 Å². The molecule has 2 aromatic carbocycles. The molecule has 4 amide bonds. The Morgan fingerprint density at radius 2 is 1.64 bits per heavy atom. The number of anilines is 1. The summed E-state index contributed by atoms with van der Waals surface area (Å²) in [6.45, 7) is 6.61. The van der Waals surface area contributed by atoms with Gasteiger partial charge < -0.3 is 20.9 Å². The summed E-state index contributed by atoms with van der Waals surface area (Å²) in [4.78, 5) is 39.2. The first-order valence-corrected chi connectivity index (χ1v) is 11.6. The van der Waals surface area contributed by atoms with Crippen molar-refractivity contribution in [2.45, 2.75) is 58.5 Å². The van der Waals surface area contributed by atoms with Crippen LogP contribution in [0.25, 0.3) is 0 Å². The van der Waals surface area contributed by atoms with Crippen LogP contribution >= 0.6 is 0 Å². The molecular weight excluding hydrogens is 416 g/mol. The summed E-state index contributed by atoms with van der Waals surface area (Å²) in [6, 6.07) is 14.9. The zero-order valence-electron chi connectivity index (χ0n) is 19.7. The highest BCUT2D eigenvalue weighted by Crippen LogP contribution is 2.18. The Hall–Kier alpha value is -3.35. The number of piperidine rings is 1. The first-order valence-electron chi connectivity index (χ1n) is 11.6. The van der Waals surface area contributed by atoms with E-state index >= 15 is 0 Å². The third-order valence-corrected chi connectivity index (χ3v) is 6.15. The van der Waals surface area contributed by atoms with Gasteiger partial charge in [-0.1, -0.05) is 49.4 Å². The summed E-state index contributed by atoms with van der Waals surface area (Å²) < 4.78 is 0. The van der Waals surface area contributed by atoms with Crippen LogP contribution in [0.1, 0.15) is 43.4 Å². The maximum Gasteiger partial charge on any atom is 0.321 e. The lowest BCUT2D eigenvalue weighted by Gasteiger charge is -2.33. The fourth-order valence-corrected chi connectivity index (χ4v) is 4.19. The number of urea groups is 1. The average Bonchev–Trinajstić information content (AvgIpc) is 2.80. The van der Waals surface area contributed by atoms with Gasteiger partial charge in [-0.15, -0.1) is 0 Å². The molecule has 0 radical (unpaired) electrons. The van der Waals surface area contributed by atoms with Gasteiger partial charge in [0.15, 0.2) is 0 Å². The SMILES string of the molecule is CCc1ccccc1NC(=O)N1CCC(NC(=O)[C@@H](Cc2ccccc2C)NC(C)=O)CC1. The standard InChI is InChI=1S/C26H34N4O3/c1-4-20-10-7-8-12-23(20)29-26(33)30-15-13-22(14-16-30)28-25(32)24(27-19(3)31)17-21-11-6-5-9-18(21)2/h5-12,22,24H,4,13-17H2,1-3H3,(H,27,31)(H,28,32)(H,29,33)/t24-/m1/s1. The van der Waals surface area contributed by atoms with Gasteiger partial charge >= 0.3 is 6.03 Å². The van der Waals surface area contributed by atoms with Crippen molar-refractivity contribution < 1.29 is 14.4 Å². The molecule has 0 saturated carbocycles. The molecule has 0 spiro atoms. The minimum Gasteiger partial charge on any atom is -0.351 e. The first kappa shape index (κ1) is 24.3. The number of carbonyl (C=O) groups is 3. The summed E-state index contributed by atoms with van der Waals surface area (Å²) in [7, 11) is 0.